The van der Waals surface area contributed by atoms with Crippen molar-refractivity contribution >= 4 is 0 Å². The molecule has 1 heterocycles. The lowest BCUT2D eigenvalue weighted by Crippen LogP contribution is -2.28. The number of rotatable bonds is 5. The van der Waals surface area contributed by atoms with Gasteiger partial charge in [-0.3, -0.25) is 4.98 Å². The second kappa shape index (κ2) is 7.04. The minimum Gasteiger partial charge on any atom is -0.313 e. The summed E-state index contributed by atoms with van der Waals surface area (Å²) in [6.07, 6.45) is 10.4. The molecule has 0 bridgehead atoms. The third-order valence-electron chi connectivity index (χ3n) is 4.66. The van der Waals surface area contributed by atoms with Crippen molar-refractivity contribution in [3.8, 4) is 0 Å². The topological polar surface area (TPSA) is 24.9 Å². The van der Waals surface area contributed by atoms with Gasteiger partial charge in [-0.25, -0.2) is 0 Å². The Morgan fingerprint density at radius 1 is 1.26 bits per heavy atom. The van der Waals surface area contributed by atoms with Crippen molar-refractivity contribution in [1.82, 2.24) is 10.3 Å². The third-order valence-corrected chi connectivity index (χ3v) is 4.66. The molecular formula is C17H28N2. The Morgan fingerprint density at radius 2 is 2.00 bits per heavy atom. The van der Waals surface area contributed by atoms with Crippen LogP contribution >= 0.6 is 0 Å². The average molecular weight is 260 g/mol. The molecule has 2 heteroatoms. The van der Waals surface area contributed by atoms with E-state index in [9.17, 15) is 0 Å². The van der Waals surface area contributed by atoms with E-state index in [1.807, 2.05) is 6.92 Å². The molecule has 1 aliphatic rings. The molecule has 0 radical (unpaired) electrons. The average Bonchev–Trinajstić information content (AvgIpc) is 2.44. The first-order valence-electron chi connectivity index (χ1n) is 7.84. The lowest BCUT2D eigenvalue weighted by atomic mass is 9.76. The molecule has 1 aromatic heterocycles. The first-order valence-corrected chi connectivity index (χ1v) is 7.84. The number of hydrogen-bond acceptors (Lipinski definition) is 2. The van der Waals surface area contributed by atoms with Gasteiger partial charge in [0.1, 0.15) is 0 Å². The molecule has 2 rings (SSSR count). The van der Waals surface area contributed by atoms with E-state index in [1.54, 1.807) is 0 Å². The number of nitrogens with one attached hydrogen (secondary N) is 1. The van der Waals surface area contributed by atoms with Crippen molar-refractivity contribution in [1.29, 1.82) is 0 Å². The van der Waals surface area contributed by atoms with Gasteiger partial charge in [0.15, 0.2) is 0 Å². The molecule has 1 saturated carbocycles. The number of aromatic nitrogens is 1. The smallest absolute Gasteiger partial charge is 0.0372 e. The number of hydrogen-bond donors (Lipinski definition) is 1. The first-order chi connectivity index (χ1) is 9.24. The van der Waals surface area contributed by atoms with Crippen LogP contribution in [0.2, 0.25) is 0 Å². The summed E-state index contributed by atoms with van der Waals surface area (Å²) in [6, 6.07) is 4.85. The van der Waals surface area contributed by atoms with Crippen LogP contribution in [0.25, 0.3) is 0 Å². The summed E-state index contributed by atoms with van der Waals surface area (Å²) in [4.78, 5) is 4.45. The van der Waals surface area contributed by atoms with Gasteiger partial charge in [-0.2, -0.15) is 0 Å². The second-order valence-electron chi connectivity index (χ2n) is 6.07. The Hall–Kier alpha value is -0.890. The molecule has 0 amide bonds. The molecule has 1 fully saturated rings. The maximum absolute atomic E-state index is 4.45. The van der Waals surface area contributed by atoms with Crippen LogP contribution < -0.4 is 5.32 Å². The Bertz CT molecular complexity index is 363. The molecule has 2 nitrogen and oxygen atoms in total. The minimum atomic E-state index is 0.482. The highest BCUT2D eigenvalue weighted by molar-refractivity contribution is 5.18. The fourth-order valence-electron chi connectivity index (χ4n) is 3.56. The van der Waals surface area contributed by atoms with E-state index in [4.69, 9.17) is 0 Å². The molecule has 1 aliphatic carbocycles. The Morgan fingerprint density at radius 3 is 2.53 bits per heavy atom. The van der Waals surface area contributed by atoms with Gasteiger partial charge in [0.2, 0.25) is 0 Å². The van der Waals surface area contributed by atoms with Crippen LogP contribution in [0.1, 0.15) is 62.7 Å². The van der Waals surface area contributed by atoms with Crippen molar-refractivity contribution in [2.24, 2.45) is 11.8 Å². The predicted molar refractivity (Wildman–Crippen MR) is 81.1 cm³/mol. The molecule has 1 atom stereocenters. The zero-order chi connectivity index (χ0) is 13.7. The van der Waals surface area contributed by atoms with E-state index in [2.05, 4.69) is 42.6 Å². The highest BCUT2D eigenvalue weighted by atomic mass is 14.9. The second-order valence-corrected chi connectivity index (χ2v) is 6.07. The van der Waals surface area contributed by atoms with Gasteiger partial charge in [0.25, 0.3) is 0 Å². The quantitative estimate of drug-likeness (QED) is 0.855. The van der Waals surface area contributed by atoms with E-state index >= 15 is 0 Å². The maximum atomic E-state index is 4.45. The normalized spacial score (nSPS) is 25.2. The van der Waals surface area contributed by atoms with Gasteiger partial charge in [0, 0.05) is 17.9 Å². The van der Waals surface area contributed by atoms with Crippen LogP contribution in [0.4, 0.5) is 0 Å². The summed E-state index contributed by atoms with van der Waals surface area (Å²) in [5.41, 5.74) is 2.46. The van der Waals surface area contributed by atoms with Gasteiger partial charge in [-0.15, -0.1) is 0 Å². The zero-order valence-electron chi connectivity index (χ0n) is 12.7. The van der Waals surface area contributed by atoms with Crippen molar-refractivity contribution < 1.29 is 0 Å². The van der Waals surface area contributed by atoms with Gasteiger partial charge in [-0.05, 0) is 50.3 Å². The molecule has 1 aromatic rings. The van der Waals surface area contributed by atoms with E-state index in [0.717, 1.165) is 17.5 Å². The van der Waals surface area contributed by atoms with Crippen LogP contribution in [0.15, 0.2) is 18.3 Å². The molecule has 0 aliphatic heterocycles. The van der Waals surface area contributed by atoms with E-state index in [0.29, 0.717) is 6.04 Å². The third kappa shape index (κ3) is 3.79. The molecule has 0 saturated heterocycles. The van der Waals surface area contributed by atoms with Crippen molar-refractivity contribution in [2.45, 2.75) is 58.4 Å². The van der Waals surface area contributed by atoms with E-state index in [1.165, 1.54) is 44.1 Å². The molecule has 0 aromatic carbocycles. The van der Waals surface area contributed by atoms with Crippen molar-refractivity contribution in [3.63, 3.8) is 0 Å². The SMILES string of the molecule is CCCC1CCC(C(NC)c2ccc(C)nc2)CC1. The lowest BCUT2D eigenvalue weighted by molar-refractivity contribution is 0.219. The van der Waals surface area contributed by atoms with Gasteiger partial charge >= 0.3 is 0 Å². The first kappa shape index (κ1) is 14.5. The molecular weight excluding hydrogens is 232 g/mol. The lowest BCUT2D eigenvalue weighted by Gasteiger charge is -2.34. The van der Waals surface area contributed by atoms with Gasteiger partial charge < -0.3 is 5.32 Å². The molecule has 1 N–H and O–H groups in total. The van der Waals surface area contributed by atoms with Crippen LogP contribution in [0.5, 0.6) is 0 Å². The summed E-state index contributed by atoms with van der Waals surface area (Å²) in [7, 11) is 2.09. The molecule has 106 valence electrons. The van der Waals surface area contributed by atoms with Gasteiger partial charge in [0.05, 0.1) is 0 Å². The number of aryl methyl sites for hydroxylation is 1. The standard InChI is InChI=1S/C17H28N2/c1-4-5-14-7-10-15(11-8-14)17(18-3)16-9-6-13(2)19-12-16/h6,9,12,14-15,17-18H,4-5,7-8,10-11H2,1-3H3. The van der Waals surface area contributed by atoms with Gasteiger partial charge in [-0.1, -0.05) is 38.7 Å². The van der Waals surface area contributed by atoms with E-state index in [-0.39, 0.29) is 0 Å². The summed E-state index contributed by atoms with van der Waals surface area (Å²) < 4.78 is 0. The zero-order valence-corrected chi connectivity index (χ0v) is 12.7. The summed E-state index contributed by atoms with van der Waals surface area (Å²) in [5.74, 6) is 1.76. The molecule has 1 unspecified atom stereocenters. The van der Waals surface area contributed by atoms with Crippen LogP contribution in [0, 0.1) is 18.8 Å². The maximum Gasteiger partial charge on any atom is 0.0372 e. The molecule has 19 heavy (non-hydrogen) atoms. The molecule has 0 spiro atoms. The Kier molecular flexibility index (Phi) is 5.38. The summed E-state index contributed by atoms with van der Waals surface area (Å²) in [5, 5.41) is 3.51. The Labute approximate surface area is 118 Å². The van der Waals surface area contributed by atoms with Crippen molar-refractivity contribution in [3.05, 3.63) is 29.6 Å². The van der Waals surface area contributed by atoms with Crippen LogP contribution in [-0.4, -0.2) is 12.0 Å². The fraction of sp³-hybridized carbons (Fsp3) is 0.706. The highest BCUT2D eigenvalue weighted by Gasteiger charge is 2.27. The van der Waals surface area contributed by atoms with E-state index < -0.39 is 0 Å². The minimum absolute atomic E-state index is 0.482. The van der Waals surface area contributed by atoms with Crippen molar-refractivity contribution in [2.75, 3.05) is 7.05 Å². The largest absolute Gasteiger partial charge is 0.313 e. The summed E-state index contributed by atoms with van der Waals surface area (Å²) >= 11 is 0. The number of pyridine rings is 1. The predicted octanol–water partition coefficient (Wildman–Crippen LogP) is 4.26. The van der Waals surface area contributed by atoms with Crippen LogP contribution in [-0.2, 0) is 0 Å². The van der Waals surface area contributed by atoms with Crippen LogP contribution in [0.3, 0.4) is 0 Å². The highest BCUT2D eigenvalue weighted by Crippen LogP contribution is 2.38. The fourth-order valence-corrected chi connectivity index (χ4v) is 3.56. The summed E-state index contributed by atoms with van der Waals surface area (Å²) in [6.45, 7) is 4.36. The Balaban J connectivity index is 1.97. The number of nitrogens with zero attached hydrogens (tertiary/aromatic N) is 1. The monoisotopic (exact) mass is 260 g/mol.